The van der Waals surface area contributed by atoms with Crippen molar-refractivity contribution in [2.24, 2.45) is 0 Å². The van der Waals surface area contributed by atoms with Gasteiger partial charge in [-0.2, -0.15) is 0 Å². The molecular formula is C6H4ClNO3S. The van der Waals surface area contributed by atoms with Crippen LogP contribution in [0.4, 0.5) is 0 Å². The van der Waals surface area contributed by atoms with Crippen LogP contribution in [0.15, 0.2) is 23.2 Å². The maximum absolute atomic E-state index is 10.9. The van der Waals surface area contributed by atoms with Crippen molar-refractivity contribution in [3.63, 3.8) is 0 Å². The third kappa shape index (κ3) is 1.80. The van der Waals surface area contributed by atoms with E-state index in [-0.39, 0.29) is 15.7 Å². The molecule has 4 nitrogen and oxygen atoms in total. The first kappa shape index (κ1) is 9.15. The molecule has 0 spiro atoms. The van der Waals surface area contributed by atoms with E-state index in [2.05, 4.69) is 4.98 Å². The first-order valence-corrected chi connectivity index (χ1v) is 4.80. The van der Waals surface area contributed by atoms with E-state index in [9.17, 15) is 13.2 Å². The van der Waals surface area contributed by atoms with Crippen LogP contribution in [-0.2, 0) is 14.6 Å². The lowest BCUT2D eigenvalue weighted by Crippen LogP contribution is -2.01. The number of hydrogen-bond donors (Lipinski definition) is 0. The van der Waals surface area contributed by atoms with E-state index in [1.54, 1.807) is 0 Å². The number of aromatic nitrogens is 1. The fraction of sp³-hybridized carbons (Fsp3) is 0. The van der Waals surface area contributed by atoms with E-state index in [0.717, 1.165) is 6.20 Å². The van der Waals surface area contributed by atoms with Gasteiger partial charge in [0.1, 0.15) is 5.15 Å². The summed E-state index contributed by atoms with van der Waals surface area (Å²) in [7, 11) is -3.82. The van der Waals surface area contributed by atoms with Crippen molar-refractivity contribution in [2.75, 3.05) is 0 Å². The summed E-state index contributed by atoms with van der Waals surface area (Å²) in [6.07, 6.45) is 1.03. The van der Waals surface area contributed by atoms with E-state index >= 15 is 0 Å². The van der Waals surface area contributed by atoms with Gasteiger partial charge in [-0.05, 0) is 12.1 Å². The van der Waals surface area contributed by atoms with E-state index in [4.69, 9.17) is 11.6 Å². The Morgan fingerprint density at radius 3 is 2.50 bits per heavy atom. The van der Waals surface area contributed by atoms with Crippen LogP contribution in [0.3, 0.4) is 0 Å². The molecule has 1 aromatic heterocycles. The molecule has 0 aromatic carbocycles. The minimum Gasteiger partial charge on any atom is -0.285 e. The molecule has 0 bridgehead atoms. The van der Waals surface area contributed by atoms with E-state index < -0.39 is 9.84 Å². The molecule has 1 heterocycles. The monoisotopic (exact) mass is 205 g/mol. The summed E-state index contributed by atoms with van der Waals surface area (Å²) in [5.74, 6) is 0. The fourth-order valence-corrected chi connectivity index (χ4v) is 1.27. The van der Waals surface area contributed by atoms with Crippen molar-refractivity contribution in [2.45, 2.75) is 4.90 Å². The zero-order valence-electron chi connectivity index (χ0n) is 5.77. The molecule has 64 valence electrons. The summed E-state index contributed by atoms with van der Waals surface area (Å²) in [4.78, 5) is 13.4. The van der Waals surface area contributed by atoms with E-state index in [1.807, 2.05) is 0 Å². The van der Waals surface area contributed by atoms with Gasteiger partial charge >= 0.3 is 0 Å². The molecule has 0 aliphatic heterocycles. The number of halogens is 1. The van der Waals surface area contributed by atoms with Crippen LogP contribution in [0.2, 0.25) is 5.15 Å². The van der Waals surface area contributed by atoms with Gasteiger partial charge in [0, 0.05) is 6.20 Å². The quantitative estimate of drug-likeness (QED) is 0.527. The number of nitrogens with zero attached hydrogens (tertiary/aromatic N) is 1. The minimum atomic E-state index is -3.82. The van der Waals surface area contributed by atoms with Gasteiger partial charge in [-0.3, -0.25) is 4.79 Å². The fourth-order valence-electron chi connectivity index (χ4n) is 0.586. The molecule has 0 radical (unpaired) electrons. The summed E-state index contributed by atoms with van der Waals surface area (Å²) >= 11 is 5.41. The van der Waals surface area contributed by atoms with Gasteiger partial charge in [0.05, 0.1) is 4.90 Å². The summed E-state index contributed by atoms with van der Waals surface area (Å²) in [5, 5.41) is 0.180. The van der Waals surface area contributed by atoms with Gasteiger partial charge in [0.25, 0.3) is 0 Å². The molecule has 0 saturated carbocycles. The number of sulfone groups is 1. The average molecular weight is 206 g/mol. The molecule has 0 amide bonds. The van der Waals surface area contributed by atoms with Crippen LogP contribution < -0.4 is 0 Å². The SMILES string of the molecule is O=CS(=O)(=O)c1ccc(Cl)nc1. The molecule has 0 N–H and O–H groups in total. The van der Waals surface area contributed by atoms with Crippen molar-refractivity contribution in [3.05, 3.63) is 23.5 Å². The molecule has 1 rings (SSSR count). The van der Waals surface area contributed by atoms with Crippen molar-refractivity contribution in [1.29, 1.82) is 0 Å². The summed E-state index contributed by atoms with van der Waals surface area (Å²) in [6, 6.07) is 2.52. The van der Waals surface area contributed by atoms with Crippen LogP contribution in [-0.4, -0.2) is 19.0 Å². The molecule has 12 heavy (non-hydrogen) atoms. The highest BCUT2D eigenvalue weighted by Gasteiger charge is 2.11. The zero-order chi connectivity index (χ0) is 9.19. The Morgan fingerprint density at radius 1 is 1.42 bits per heavy atom. The van der Waals surface area contributed by atoms with Crippen molar-refractivity contribution >= 4 is 27.1 Å². The molecule has 0 fully saturated rings. The summed E-state index contributed by atoms with van der Waals surface area (Å²) in [6.45, 7) is 0. The number of pyridine rings is 1. The lowest BCUT2D eigenvalue weighted by molar-refractivity contribution is 0.556. The van der Waals surface area contributed by atoms with Gasteiger partial charge in [0.2, 0.25) is 15.5 Å². The molecule has 0 aliphatic carbocycles. The van der Waals surface area contributed by atoms with Gasteiger partial charge in [-0.25, -0.2) is 13.4 Å². The lowest BCUT2D eigenvalue weighted by Gasteiger charge is -1.94. The smallest absolute Gasteiger partial charge is 0.238 e. The third-order valence-corrected chi connectivity index (χ3v) is 2.53. The van der Waals surface area contributed by atoms with Crippen molar-refractivity contribution in [1.82, 2.24) is 4.98 Å². The second-order valence-electron chi connectivity index (χ2n) is 1.96. The molecule has 0 atom stereocenters. The predicted molar refractivity (Wildman–Crippen MR) is 43.2 cm³/mol. The molecule has 1 aromatic rings. The Balaban J connectivity index is 3.23. The second kappa shape index (κ2) is 3.20. The zero-order valence-corrected chi connectivity index (χ0v) is 7.34. The van der Waals surface area contributed by atoms with Gasteiger partial charge in [-0.1, -0.05) is 11.6 Å². The average Bonchev–Trinajstić information content (AvgIpc) is 2.05. The minimum absolute atomic E-state index is 0.127. The second-order valence-corrected chi connectivity index (χ2v) is 4.10. The first-order valence-electron chi connectivity index (χ1n) is 2.88. The topological polar surface area (TPSA) is 64.1 Å². The third-order valence-electron chi connectivity index (χ3n) is 1.16. The highest BCUT2D eigenvalue weighted by molar-refractivity contribution is 8.04. The highest BCUT2D eigenvalue weighted by Crippen LogP contribution is 2.10. The largest absolute Gasteiger partial charge is 0.285 e. The van der Waals surface area contributed by atoms with Crippen LogP contribution in [0, 0.1) is 0 Å². The van der Waals surface area contributed by atoms with Gasteiger partial charge in [0.15, 0.2) is 0 Å². The Labute approximate surface area is 74.1 Å². The van der Waals surface area contributed by atoms with Crippen LogP contribution in [0.25, 0.3) is 0 Å². The van der Waals surface area contributed by atoms with Crippen molar-refractivity contribution in [3.8, 4) is 0 Å². The van der Waals surface area contributed by atoms with Gasteiger partial charge in [-0.15, -0.1) is 0 Å². The van der Waals surface area contributed by atoms with Gasteiger partial charge < -0.3 is 0 Å². The Kier molecular flexibility index (Phi) is 2.44. The number of rotatable bonds is 2. The first-order chi connectivity index (χ1) is 5.56. The molecule has 0 aliphatic rings. The molecular weight excluding hydrogens is 202 g/mol. The van der Waals surface area contributed by atoms with E-state index in [0.29, 0.717) is 0 Å². The Hall–Kier alpha value is -0.940. The predicted octanol–water partition coefficient (Wildman–Crippen LogP) is 0.699. The maximum Gasteiger partial charge on any atom is 0.238 e. The Morgan fingerprint density at radius 2 is 2.08 bits per heavy atom. The number of carbonyl (C=O) groups is 1. The Bertz CT molecular complexity index is 384. The van der Waals surface area contributed by atoms with E-state index in [1.165, 1.54) is 12.1 Å². The van der Waals surface area contributed by atoms with Crippen LogP contribution >= 0.6 is 11.6 Å². The maximum atomic E-state index is 10.9. The van der Waals surface area contributed by atoms with Crippen LogP contribution in [0.1, 0.15) is 0 Å². The van der Waals surface area contributed by atoms with Crippen LogP contribution in [0.5, 0.6) is 0 Å². The molecule has 0 saturated heterocycles. The molecule has 0 unspecified atom stereocenters. The highest BCUT2D eigenvalue weighted by atomic mass is 35.5. The number of carbonyl (C=O) groups excluding carboxylic acids is 1. The lowest BCUT2D eigenvalue weighted by atomic mass is 10.5. The summed E-state index contributed by atoms with van der Waals surface area (Å²) < 4.78 is 21.7. The molecule has 6 heteroatoms. The normalized spacial score (nSPS) is 11.1. The van der Waals surface area contributed by atoms with Crippen molar-refractivity contribution < 1.29 is 13.2 Å². The standard InChI is InChI=1S/C6H4ClNO3S/c7-6-2-1-5(3-8-6)12(10,11)4-9/h1-4H. The number of hydrogen-bond acceptors (Lipinski definition) is 4. The summed E-state index contributed by atoms with van der Waals surface area (Å²) in [5.41, 5.74) is -0.127.